The molecule has 3 heteroatoms. The topological polar surface area (TPSA) is 24.9 Å². The van der Waals surface area contributed by atoms with Gasteiger partial charge in [-0.15, -0.1) is 0 Å². The predicted octanol–water partition coefficient (Wildman–Crippen LogP) is 4.33. The van der Waals surface area contributed by atoms with Gasteiger partial charge in [0.05, 0.1) is 0 Å². The fourth-order valence-electron chi connectivity index (χ4n) is 2.87. The molecule has 0 atom stereocenters. The standard InChI is InChI=1S/C17H24N2Se/c1-17(2,3)12-9-10-14-15(11-12)20-16(19-14)18-13-7-5-4-6-8-13/h9-11,13H,4-8H2,1-3H3,(H,18,19). The summed E-state index contributed by atoms with van der Waals surface area (Å²) in [6.07, 6.45) is 6.79. The normalized spacial score (nSPS) is 17.6. The summed E-state index contributed by atoms with van der Waals surface area (Å²) in [6.45, 7) is 6.83. The van der Waals surface area contributed by atoms with E-state index in [0.717, 1.165) is 0 Å². The molecular weight excluding hydrogens is 311 g/mol. The third-order valence-corrected chi connectivity index (χ3v) is 6.18. The van der Waals surface area contributed by atoms with E-state index in [9.17, 15) is 0 Å². The molecular formula is C17H24N2Se. The first-order valence-corrected chi connectivity index (χ1v) is 9.41. The number of hydrogen-bond donors (Lipinski definition) is 1. The number of fused-ring (bicyclic) bond motifs is 1. The van der Waals surface area contributed by atoms with Crippen molar-refractivity contribution in [1.29, 1.82) is 0 Å². The van der Waals surface area contributed by atoms with E-state index in [1.165, 1.54) is 52.1 Å². The number of rotatable bonds is 2. The Labute approximate surface area is 127 Å². The summed E-state index contributed by atoms with van der Waals surface area (Å²) in [7, 11) is 0. The molecule has 108 valence electrons. The van der Waals surface area contributed by atoms with Crippen LogP contribution in [0.5, 0.6) is 0 Å². The van der Waals surface area contributed by atoms with Gasteiger partial charge in [0.2, 0.25) is 0 Å². The first-order valence-electron chi connectivity index (χ1n) is 7.70. The van der Waals surface area contributed by atoms with Crippen molar-refractivity contribution in [3.8, 4) is 0 Å². The van der Waals surface area contributed by atoms with Crippen molar-refractivity contribution in [1.82, 2.24) is 4.98 Å². The fourth-order valence-corrected chi connectivity index (χ4v) is 4.93. The molecule has 1 aromatic heterocycles. The van der Waals surface area contributed by atoms with E-state index in [0.29, 0.717) is 20.5 Å². The molecule has 1 heterocycles. The molecule has 0 saturated heterocycles. The Balaban J connectivity index is 1.83. The quantitative estimate of drug-likeness (QED) is 0.826. The second-order valence-electron chi connectivity index (χ2n) is 6.93. The number of hydrogen-bond acceptors (Lipinski definition) is 2. The summed E-state index contributed by atoms with van der Waals surface area (Å²) in [4.78, 5) is 4.80. The van der Waals surface area contributed by atoms with Crippen LogP contribution < -0.4 is 5.32 Å². The zero-order valence-electron chi connectivity index (χ0n) is 12.7. The SMILES string of the molecule is CC(C)(C)c1ccc2nc(NC3CCCCC3)[se]c2c1. The van der Waals surface area contributed by atoms with Crippen LogP contribution >= 0.6 is 0 Å². The zero-order valence-corrected chi connectivity index (χ0v) is 14.4. The van der Waals surface area contributed by atoms with E-state index < -0.39 is 0 Å². The van der Waals surface area contributed by atoms with Gasteiger partial charge in [-0.05, 0) is 0 Å². The van der Waals surface area contributed by atoms with E-state index in [4.69, 9.17) is 4.98 Å². The zero-order chi connectivity index (χ0) is 14.2. The first kappa shape index (κ1) is 14.2. The first-order chi connectivity index (χ1) is 9.52. The van der Waals surface area contributed by atoms with Gasteiger partial charge >= 0.3 is 127 Å². The molecule has 0 radical (unpaired) electrons. The minimum atomic E-state index is 0.227. The van der Waals surface area contributed by atoms with Crippen LogP contribution in [-0.4, -0.2) is 25.5 Å². The Morgan fingerprint density at radius 3 is 2.60 bits per heavy atom. The summed E-state index contributed by atoms with van der Waals surface area (Å²) < 4.78 is 2.69. The van der Waals surface area contributed by atoms with Gasteiger partial charge in [-0.25, -0.2) is 0 Å². The average molecular weight is 335 g/mol. The van der Waals surface area contributed by atoms with Gasteiger partial charge in [0.25, 0.3) is 0 Å². The molecule has 20 heavy (non-hydrogen) atoms. The summed E-state index contributed by atoms with van der Waals surface area (Å²) in [5, 5.41) is 3.70. The average Bonchev–Trinajstić information content (AvgIpc) is 2.80. The number of nitrogens with zero attached hydrogens (tertiary/aromatic N) is 1. The van der Waals surface area contributed by atoms with Crippen molar-refractivity contribution in [2.24, 2.45) is 0 Å². The summed E-state index contributed by atoms with van der Waals surface area (Å²) in [5.74, 6) is 0. The Morgan fingerprint density at radius 1 is 1.15 bits per heavy atom. The van der Waals surface area contributed by atoms with Crippen molar-refractivity contribution in [2.45, 2.75) is 64.3 Å². The second-order valence-corrected chi connectivity index (χ2v) is 9.09. The van der Waals surface area contributed by atoms with Gasteiger partial charge in [0.1, 0.15) is 0 Å². The maximum atomic E-state index is 4.80. The monoisotopic (exact) mass is 336 g/mol. The molecule has 2 aromatic rings. The van der Waals surface area contributed by atoms with E-state index in [1.54, 1.807) is 0 Å². The van der Waals surface area contributed by atoms with Gasteiger partial charge < -0.3 is 0 Å². The van der Waals surface area contributed by atoms with Gasteiger partial charge in [0.15, 0.2) is 0 Å². The number of benzene rings is 1. The molecule has 1 saturated carbocycles. The maximum absolute atomic E-state index is 4.80. The molecule has 3 rings (SSSR count). The van der Waals surface area contributed by atoms with Crippen molar-refractivity contribution >= 4 is 29.0 Å². The number of nitrogens with one attached hydrogen (secondary N) is 1. The molecule has 0 amide bonds. The minimum absolute atomic E-state index is 0.227. The van der Waals surface area contributed by atoms with Crippen molar-refractivity contribution < 1.29 is 0 Å². The fraction of sp³-hybridized carbons (Fsp3) is 0.588. The van der Waals surface area contributed by atoms with Crippen molar-refractivity contribution in [3.63, 3.8) is 0 Å². The van der Waals surface area contributed by atoms with Gasteiger partial charge in [-0.3, -0.25) is 0 Å². The molecule has 0 aliphatic heterocycles. The van der Waals surface area contributed by atoms with Crippen LogP contribution in [0.15, 0.2) is 18.2 Å². The van der Waals surface area contributed by atoms with Crippen LogP contribution in [0.1, 0.15) is 58.4 Å². The molecule has 1 aromatic carbocycles. The van der Waals surface area contributed by atoms with Gasteiger partial charge in [0, 0.05) is 0 Å². The molecule has 2 nitrogen and oxygen atoms in total. The van der Waals surface area contributed by atoms with Gasteiger partial charge in [-0.2, -0.15) is 0 Å². The van der Waals surface area contributed by atoms with Crippen LogP contribution in [0.2, 0.25) is 0 Å². The van der Waals surface area contributed by atoms with E-state index in [2.05, 4.69) is 44.3 Å². The van der Waals surface area contributed by atoms with Crippen LogP contribution in [-0.2, 0) is 5.41 Å². The van der Waals surface area contributed by atoms with Crippen molar-refractivity contribution in [2.75, 3.05) is 5.32 Å². The molecule has 0 spiro atoms. The summed E-state index contributed by atoms with van der Waals surface area (Å²) >= 11 is 0.369. The molecule has 0 unspecified atom stereocenters. The van der Waals surface area contributed by atoms with E-state index in [1.807, 2.05) is 0 Å². The molecule has 1 aliphatic rings. The predicted molar refractivity (Wildman–Crippen MR) is 87.9 cm³/mol. The Hall–Kier alpha value is -0.791. The molecule has 1 fully saturated rings. The number of anilines is 1. The third kappa shape index (κ3) is 3.10. The number of aromatic nitrogens is 1. The molecule has 1 N–H and O–H groups in total. The Morgan fingerprint density at radius 2 is 1.90 bits per heavy atom. The molecule has 1 aliphatic carbocycles. The second kappa shape index (κ2) is 5.54. The Bertz CT molecular complexity index is 589. The van der Waals surface area contributed by atoms with Crippen molar-refractivity contribution in [3.05, 3.63) is 23.8 Å². The summed E-state index contributed by atoms with van der Waals surface area (Å²) in [6, 6.07) is 7.48. The third-order valence-electron chi connectivity index (χ3n) is 4.19. The summed E-state index contributed by atoms with van der Waals surface area (Å²) in [5.41, 5.74) is 2.84. The molecule has 0 bridgehead atoms. The van der Waals surface area contributed by atoms with Gasteiger partial charge in [-0.1, -0.05) is 0 Å². The van der Waals surface area contributed by atoms with E-state index in [-0.39, 0.29) is 5.41 Å². The van der Waals surface area contributed by atoms with E-state index >= 15 is 0 Å². The van der Waals surface area contributed by atoms with Crippen LogP contribution in [0.4, 0.5) is 4.69 Å². The van der Waals surface area contributed by atoms with Crippen LogP contribution in [0.3, 0.4) is 0 Å². The Kier molecular flexibility index (Phi) is 3.92. The van der Waals surface area contributed by atoms with Crippen LogP contribution in [0.25, 0.3) is 9.78 Å². The van der Waals surface area contributed by atoms with Crippen LogP contribution in [0, 0.1) is 0 Å².